The molecule has 0 atom stereocenters. The number of carbonyl (C=O) groups is 1. The SMILES string of the molecule is C/C=N/N(C(=O)c1ccc(OCCCCCCC)cc1)c1ccc(OC)cc1. The lowest BCUT2D eigenvalue weighted by molar-refractivity contribution is 0.0987. The van der Waals surface area contributed by atoms with E-state index in [2.05, 4.69) is 12.0 Å². The van der Waals surface area contributed by atoms with E-state index < -0.39 is 0 Å². The first-order valence-electron chi connectivity index (χ1n) is 9.89. The van der Waals surface area contributed by atoms with Gasteiger partial charge in [0.2, 0.25) is 0 Å². The van der Waals surface area contributed by atoms with Gasteiger partial charge in [-0.3, -0.25) is 4.79 Å². The van der Waals surface area contributed by atoms with E-state index in [1.54, 1.807) is 56.6 Å². The Balaban J connectivity index is 1.98. The van der Waals surface area contributed by atoms with Crippen LogP contribution in [0.2, 0.25) is 0 Å². The van der Waals surface area contributed by atoms with Crippen LogP contribution in [0.4, 0.5) is 5.69 Å². The molecule has 0 aliphatic carbocycles. The molecule has 0 unspecified atom stereocenters. The highest BCUT2D eigenvalue weighted by Gasteiger charge is 2.17. The molecule has 0 bridgehead atoms. The van der Waals surface area contributed by atoms with Crippen molar-refractivity contribution in [3.05, 3.63) is 54.1 Å². The first kappa shape index (κ1) is 21.5. The Kier molecular flexibility index (Phi) is 9.05. The zero-order valence-electron chi connectivity index (χ0n) is 17.1. The van der Waals surface area contributed by atoms with Crippen LogP contribution in [0.5, 0.6) is 11.5 Å². The Morgan fingerprint density at radius 3 is 2.21 bits per heavy atom. The fraction of sp³-hybridized carbons (Fsp3) is 0.391. The van der Waals surface area contributed by atoms with E-state index in [4.69, 9.17) is 9.47 Å². The summed E-state index contributed by atoms with van der Waals surface area (Å²) in [5, 5.41) is 5.60. The summed E-state index contributed by atoms with van der Waals surface area (Å²) in [4.78, 5) is 12.9. The standard InChI is InChI=1S/C23H30N2O3/c1-4-6-7-8-9-18-28-22-14-10-19(11-15-22)23(26)25(24-5-2)20-12-16-21(27-3)17-13-20/h5,10-17H,4,6-9,18H2,1-3H3/b24-5+. The number of hydrogen-bond acceptors (Lipinski definition) is 4. The molecule has 5 heteroatoms. The highest BCUT2D eigenvalue weighted by molar-refractivity contribution is 6.06. The number of anilines is 1. The van der Waals surface area contributed by atoms with E-state index in [0.29, 0.717) is 17.9 Å². The molecule has 0 spiro atoms. The molecule has 2 aromatic carbocycles. The molecule has 0 N–H and O–H groups in total. The lowest BCUT2D eigenvalue weighted by Gasteiger charge is -2.17. The number of nitrogens with zero attached hydrogens (tertiary/aromatic N) is 2. The van der Waals surface area contributed by atoms with Crippen LogP contribution < -0.4 is 14.5 Å². The van der Waals surface area contributed by atoms with Crippen molar-refractivity contribution in [2.24, 2.45) is 5.10 Å². The second-order valence-corrected chi connectivity index (χ2v) is 6.48. The highest BCUT2D eigenvalue weighted by atomic mass is 16.5. The minimum absolute atomic E-state index is 0.200. The first-order valence-corrected chi connectivity index (χ1v) is 9.89. The molecule has 1 amide bonds. The van der Waals surface area contributed by atoms with E-state index in [-0.39, 0.29) is 5.91 Å². The van der Waals surface area contributed by atoms with E-state index >= 15 is 0 Å². The maximum Gasteiger partial charge on any atom is 0.278 e. The van der Waals surface area contributed by atoms with Gasteiger partial charge in [0.1, 0.15) is 11.5 Å². The number of ether oxygens (including phenoxy) is 2. The molecule has 0 radical (unpaired) electrons. The van der Waals surface area contributed by atoms with E-state index in [0.717, 1.165) is 17.9 Å². The van der Waals surface area contributed by atoms with Crippen molar-refractivity contribution in [2.45, 2.75) is 46.0 Å². The molecule has 2 rings (SSSR count). The van der Waals surface area contributed by atoms with Gasteiger partial charge in [-0.25, -0.2) is 0 Å². The number of carbonyl (C=O) groups excluding carboxylic acids is 1. The maximum absolute atomic E-state index is 12.9. The van der Waals surface area contributed by atoms with Crippen molar-refractivity contribution in [2.75, 3.05) is 18.7 Å². The third-order valence-electron chi connectivity index (χ3n) is 4.36. The fourth-order valence-corrected chi connectivity index (χ4v) is 2.79. The van der Waals surface area contributed by atoms with Gasteiger partial charge >= 0.3 is 0 Å². The van der Waals surface area contributed by atoms with Crippen LogP contribution in [0.1, 0.15) is 56.3 Å². The molecular weight excluding hydrogens is 352 g/mol. The van der Waals surface area contributed by atoms with Crippen LogP contribution >= 0.6 is 0 Å². The average molecular weight is 383 g/mol. The van der Waals surface area contributed by atoms with E-state index in [1.807, 2.05) is 12.1 Å². The Labute approximate surface area is 168 Å². The normalized spacial score (nSPS) is 10.8. The summed E-state index contributed by atoms with van der Waals surface area (Å²) in [6, 6.07) is 14.4. The number of rotatable bonds is 11. The van der Waals surface area contributed by atoms with Crippen molar-refractivity contribution in [3.63, 3.8) is 0 Å². The minimum Gasteiger partial charge on any atom is -0.497 e. The van der Waals surface area contributed by atoms with Crippen LogP contribution in [-0.4, -0.2) is 25.8 Å². The summed E-state index contributed by atoms with van der Waals surface area (Å²) in [6.45, 7) is 4.69. The van der Waals surface area contributed by atoms with Crippen molar-refractivity contribution in [1.29, 1.82) is 0 Å². The second-order valence-electron chi connectivity index (χ2n) is 6.48. The predicted molar refractivity (Wildman–Crippen MR) is 115 cm³/mol. The summed E-state index contributed by atoms with van der Waals surface area (Å²) in [5.41, 5.74) is 1.23. The van der Waals surface area contributed by atoms with Crippen LogP contribution in [0.15, 0.2) is 53.6 Å². The van der Waals surface area contributed by atoms with Gasteiger partial charge in [0, 0.05) is 11.8 Å². The van der Waals surface area contributed by atoms with Gasteiger partial charge in [0.15, 0.2) is 0 Å². The molecule has 5 nitrogen and oxygen atoms in total. The molecule has 28 heavy (non-hydrogen) atoms. The predicted octanol–water partition coefficient (Wildman–Crippen LogP) is 5.70. The molecule has 0 aliphatic rings. The number of amides is 1. The molecular formula is C23H30N2O3. The van der Waals surface area contributed by atoms with Gasteiger partial charge in [-0.2, -0.15) is 10.1 Å². The largest absolute Gasteiger partial charge is 0.497 e. The lowest BCUT2D eigenvalue weighted by Crippen LogP contribution is -2.25. The molecule has 0 heterocycles. The fourth-order valence-electron chi connectivity index (χ4n) is 2.79. The zero-order valence-corrected chi connectivity index (χ0v) is 17.1. The molecule has 0 fully saturated rings. The minimum atomic E-state index is -0.200. The van der Waals surface area contributed by atoms with Gasteiger partial charge in [-0.05, 0) is 61.9 Å². The highest BCUT2D eigenvalue weighted by Crippen LogP contribution is 2.22. The van der Waals surface area contributed by atoms with Gasteiger partial charge in [0.05, 0.1) is 19.4 Å². The Hall–Kier alpha value is -2.82. The van der Waals surface area contributed by atoms with Gasteiger partial charge in [-0.15, -0.1) is 0 Å². The molecule has 150 valence electrons. The number of methoxy groups -OCH3 is 1. The van der Waals surface area contributed by atoms with E-state index in [9.17, 15) is 4.79 Å². The number of unbranched alkanes of at least 4 members (excludes halogenated alkanes) is 4. The topological polar surface area (TPSA) is 51.1 Å². The third-order valence-corrected chi connectivity index (χ3v) is 4.36. The first-order chi connectivity index (χ1) is 13.7. The van der Waals surface area contributed by atoms with Crippen LogP contribution in [-0.2, 0) is 0 Å². The zero-order chi connectivity index (χ0) is 20.2. The molecule has 0 aliphatic heterocycles. The Morgan fingerprint density at radius 1 is 0.964 bits per heavy atom. The van der Waals surface area contributed by atoms with Crippen molar-refractivity contribution >= 4 is 17.8 Å². The number of hydrogen-bond donors (Lipinski definition) is 0. The van der Waals surface area contributed by atoms with Gasteiger partial charge in [0.25, 0.3) is 5.91 Å². The second kappa shape index (κ2) is 11.8. The smallest absolute Gasteiger partial charge is 0.278 e. The summed E-state index contributed by atoms with van der Waals surface area (Å²) in [6.07, 6.45) is 7.62. The molecule has 2 aromatic rings. The summed E-state index contributed by atoms with van der Waals surface area (Å²) < 4.78 is 10.9. The van der Waals surface area contributed by atoms with Crippen molar-refractivity contribution in [1.82, 2.24) is 0 Å². The maximum atomic E-state index is 12.9. The summed E-state index contributed by atoms with van der Waals surface area (Å²) >= 11 is 0. The summed E-state index contributed by atoms with van der Waals surface area (Å²) in [7, 11) is 1.61. The Bertz CT molecular complexity index is 739. The van der Waals surface area contributed by atoms with E-state index in [1.165, 1.54) is 30.7 Å². The third kappa shape index (κ3) is 6.41. The number of hydrazone groups is 1. The van der Waals surface area contributed by atoms with Crippen LogP contribution in [0.25, 0.3) is 0 Å². The lowest BCUT2D eigenvalue weighted by atomic mass is 10.1. The Morgan fingerprint density at radius 2 is 1.61 bits per heavy atom. The summed E-state index contributed by atoms with van der Waals surface area (Å²) in [5.74, 6) is 1.31. The van der Waals surface area contributed by atoms with Gasteiger partial charge in [-0.1, -0.05) is 32.6 Å². The molecule has 0 aromatic heterocycles. The van der Waals surface area contributed by atoms with Crippen molar-refractivity contribution < 1.29 is 14.3 Å². The van der Waals surface area contributed by atoms with Gasteiger partial charge < -0.3 is 9.47 Å². The van der Waals surface area contributed by atoms with Crippen LogP contribution in [0.3, 0.4) is 0 Å². The average Bonchev–Trinajstić information content (AvgIpc) is 2.74. The monoisotopic (exact) mass is 382 g/mol. The van der Waals surface area contributed by atoms with Crippen molar-refractivity contribution in [3.8, 4) is 11.5 Å². The number of benzene rings is 2. The molecule has 0 saturated carbocycles. The quantitative estimate of drug-likeness (QED) is 0.285. The molecule has 0 saturated heterocycles. The van der Waals surface area contributed by atoms with Crippen LogP contribution in [0, 0.1) is 0 Å².